The third-order valence-electron chi connectivity index (χ3n) is 5.80. The van der Waals surface area contributed by atoms with Crippen LogP contribution < -0.4 is 10.2 Å². The number of aryl methyl sites for hydroxylation is 2. The zero-order valence-electron chi connectivity index (χ0n) is 18.6. The maximum Gasteiger partial charge on any atom is 0.281 e. The van der Waals surface area contributed by atoms with Crippen molar-refractivity contribution in [1.82, 2.24) is 9.99 Å². The van der Waals surface area contributed by atoms with Gasteiger partial charge in [-0.05, 0) is 87.9 Å². The van der Waals surface area contributed by atoms with Crippen LogP contribution in [0.15, 0.2) is 41.5 Å². The second-order valence-electron chi connectivity index (χ2n) is 8.19. The summed E-state index contributed by atoms with van der Waals surface area (Å²) in [4.78, 5) is 14.7. The van der Waals surface area contributed by atoms with Crippen molar-refractivity contribution in [1.29, 1.82) is 0 Å². The van der Waals surface area contributed by atoms with Gasteiger partial charge in [-0.1, -0.05) is 6.92 Å². The van der Waals surface area contributed by atoms with Crippen LogP contribution in [0, 0.1) is 19.8 Å². The lowest BCUT2D eigenvalue weighted by Gasteiger charge is -2.16. The molecule has 162 valence electrons. The molecule has 0 saturated heterocycles. The van der Waals surface area contributed by atoms with E-state index in [1.807, 2.05) is 37.3 Å². The molecule has 1 unspecified atom stereocenters. The van der Waals surface area contributed by atoms with Gasteiger partial charge in [-0.3, -0.25) is 4.79 Å². The summed E-state index contributed by atoms with van der Waals surface area (Å²) in [7, 11) is 0. The number of amides is 1. The molecule has 31 heavy (non-hydrogen) atoms. The van der Waals surface area contributed by atoms with Gasteiger partial charge in [0.2, 0.25) is 0 Å². The second-order valence-corrected chi connectivity index (χ2v) is 9.33. The molecule has 0 radical (unpaired) electrons. The highest BCUT2D eigenvalue weighted by Crippen LogP contribution is 2.32. The van der Waals surface area contributed by atoms with E-state index in [1.165, 1.54) is 16.9 Å². The molecule has 2 aromatic heterocycles. The SMILES string of the molecule is CCOc1ccc(-n2c(C)cc(C=NNC(=O)c3cc4c(s3)CCC(C)C4)c2C)cc1. The van der Waals surface area contributed by atoms with Crippen LogP contribution in [0.5, 0.6) is 5.75 Å². The molecule has 6 heteroatoms. The first-order valence-electron chi connectivity index (χ1n) is 10.8. The third-order valence-corrected chi connectivity index (χ3v) is 7.03. The number of benzene rings is 1. The highest BCUT2D eigenvalue weighted by atomic mass is 32.1. The van der Waals surface area contributed by atoms with Crippen LogP contribution in [0.3, 0.4) is 0 Å². The average molecular weight is 436 g/mol. The lowest BCUT2D eigenvalue weighted by molar-refractivity contribution is 0.0959. The molecule has 1 aliphatic carbocycles. The number of hydrogen-bond donors (Lipinski definition) is 1. The molecule has 2 heterocycles. The van der Waals surface area contributed by atoms with Gasteiger partial charge in [-0.25, -0.2) is 5.43 Å². The first kappa shape index (κ1) is 21.4. The van der Waals surface area contributed by atoms with Crippen LogP contribution in [0.25, 0.3) is 5.69 Å². The minimum atomic E-state index is -0.136. The number of nitrogens with zero attached hydrogens (tertiary/aromatic N) is 2. The van der Waals surface area contributed by atoms with Crippen LogP contribution in [-0.4, -0.2) is 23.3 Å². The molecule has 4 rings (SSSR count). The van der Waals surface area contributed by atoms with E-state index in [2.05, 4.69) is 41.9 Å². The molecule has 0 fully saturated rings. The Morgan fingerprint density at radius 1 is 1.29 bits per heavy atom. The number of thiophene rings is 1. The van der Waals surface area contributed by atoms with Crippen LogP contribution in [0.1, 0.15) is 57.3 Å². The molecule has 1 atom stereocenters. The lowest BCUT2D eigenvalue weighted by Crippen LogP contribution is -2.16. The predicted molar refractivity (Wildman–Crippen MR) is 127 cm³/mol. The van der Waals surface area contributed by atoms with Crippen LogP contribution in [0.2, 0.25) is 0 Å². The van der Waals surface area contributed by atoms with E-state index in [0.29, 0.717) is 12.5 Å². The number of nitrogens with one attached hydrogen (secondary N) is 1. The van der Waals surface area contributed by atoms with E-state index in [-0.39, 0.29) is 5.91 Å². The smallest absolute Gasteiger partial charge is 0.281 e. The second kappa shape index (κ2) is 9.10. The van der Waals surface area contributed by atoms with Gasteiger partial charge in [-0.2, -0.15) is 5.10 Å². The minimum Gasteiger partial charge on any atom is -0.494 e. The maximum absolute atomic E-state index is 12.6. The Labute approximate surface area is 187 Å². The Bertz CT molecular complexity index is 1110. The van der Waals surface area contributed by atoms with Crippen molar-refractivity contribution in [2.24, 2.45) is 11.0 Å². The summed E-state index contributed by atoms with van der Waals surface area (Å²) in [6.07, 6.45) is 5.08. The Hall–Kier alpha value is -2.86. The fourth-order valence-corrected chi connectivity index (χ4v) is 5.31. The largest absolute Gasteiger partial charge is 0.494 e. The van der Waals surface area contributed by atoms with E-state index in [9.17, 15) is 4.79 Å². The zero-order valence-corrected chi connectivity index (χ0v) is 19.4. The van der Waals surface area contributed by atoms with E-state index in [0.717, 1.165) is 46.1 Å². The molecule has 1 aliphatic rings. The highest BCUT2D eigenvalue weighted by Gasteiger charge is 2.20. The van der Waals surface area contributed by atoms with Gasteiger partial charge in [0.15, 0.2) is 0 Å². The number of hydrazone groups is 1. The van der Waals surface area contributed by atoms with Gasteiger partial charge in [0.25, 0.3) is 5.91 Å². The van der Waals surface area contributed by atoms with E-state index < -0.39 is 0 Å². The molecule has 5 nitrogen and oxygen atoms in total. The molecular weight excluding hydrogens is 406 g/mol. The lowest BCUT2D eigenvalue weighted by atomic mass is 9.90. The third kappa shape index (κ3) is 4.59. The van der Waals surface area contributed by atoms with Crippen LogP contribution in [-0.2, 0) is 12.8 Å². The Morgan fingerprint density at radius 2 is 2.06 bits per heavy atom. The summed E-state index contributed by atoms with van der Waals surface area (Å²) in [6.45, 7) is 9.03. The van der Waals surface area contributed by atoms with Crippen LogP contribution >= 0.6 is 11.3 Å². The Balaban J connectivity index is 1.46. The summed E-state index contributed by atoms with van der Waals surface area (Å²) >= 11 is 1.60. The molecular formula is C25H29N3O2S. The van der Waals surface area contributed by atoms with Crippen molar-refractivity contribution in [2.75, 3.05) is 6.61 Å². The summed E-state index contributed by atoms with van der Waals surface area (Å²) in [5.74, 6) is 1.42. The van der Waals surface area contributed by atoms with Gasteiger partial charge in [0.1, 0.15) is 5.75 Å². The van der Waals surface area contributed by atoms with Gasteiger partial charge in [0.05, 0.1) is 17.7 Å². The number of carbonyl (C=O) groups is 1. The molecule has 0 spiro atoms. The highest BCUT2D eigenvalue weighted by molar-refractivity contribution is 7.14. The molecule has 0 saturated carbocycles. The van der Waals surface area contributed by atoms with Crippen molar-refractivity contribution in [3.63, 3.8) is 0 Å². The maximum atomic E-state index is 12.6. The monoisotopic (exact) mass is 435 g/mol. The molecule has 0 bridgehead atoms. The number of hydrogen-bond acceptors (Lipinski definition) is 4. The number of carbonyl (C=O) groups excluding carboxylic acids is 1. The Morgan fingerprint density at radius 3 is 2.81 bits per heavy atom. The zero-order chi connectivity index (χ0) is 22.0. The number of aromatic nitrogens is 1. The fourth-order valence-electron chi connectivity index (χ4n) is 4.21. The number of fused-ring (bicyclic) bond motifs is 1. The van der Waals surface area contributed by atoms with Crippen molar-refractivity contribution < 1.29 is 9.53 Å². The first-order valence-corrected chi connectivity index (χ1v) is 11.6. The minimum absolute atomic E-state index is 0.136. The van der Waals surface area contributed by atoms with E-state index in [4.69, 9.17) is 4.74 Å². The van der Waals surface area contributed by atoms with Crippen molar-refractivity contribution >= 4 is 23.5 Å². The van der Waals surface area contributed by atoms with Crippen molar-refractivity contribution in [2.45, 2.75) is 47.0 Å². The standard InChI is InChI=1S/C25H29N3O2S/c1-5-30-22-9-7-21(8-10-22)28-17(3)13-20(18(28)4)15-26-27-25(29)24-14-19-12-16(2)6-11-23(19)31-24/h7-10,13-16H,5-6,11-12H2,1-4H3,(H,27,29). The molecule has 1 aromatic carbocycles. The van der Waals surface area contributed by atoms with Crippen LogP contribution in [0.4, 0.5) is 0 Å². The summed E-state index contributed by atoms with van der Waals surface area (Å²) < 4.78 is 7.71. The fraction of sp³-hybridized carbons (Fsp3) is 0.360. The van der Waals surface area contributed by atoms with Gasteiger partial charge < -0.3 is 9.30 Å². The molecule has 1 N–H and O–H groups in total. The first-order chi connectivity index (χ1) is 15.0. The van der Waals surface area contributed by atoms with Crippen molar-refractivity contribution in [3.8, 4) is 11.4 Å². The summed E-state index contributed by atoms with van der Waals surface area (Å²) in [6, 6.07) is 12.2. The van der Waals surface area contributed by atoms with E-state index >= 15 is 0 Å². The molecule has 0 aliphatic heterocycles. The normalized spacial score (nSPS) is 15.8. The predicted octanol–water partition coefficient (Wildman–Crippen LogP) is 5.44. The average Bonchev–Trinajstić information content (AvgIpc) is 3.29. The molecule has 1 amide bonds. The van der Waals surface area contributed by atoms with Gasteiger partial charge >= 0.3 is 0 Å². The quantitative estimate of drug-likeness (QED) is 0.414. The van der Waals surface area contributed by atoms with Gasteiger partial charge in [0, 0.05) is 27.5 Å². The van der Waals surface area contributed by atoms with Crippen molar-refractivity contribution in [3.05, 3.63) is 68.7 Å². The Kier molecular flexibility index (Phi) is 6.28. The molecule has 3 aromatic rings. The van der Waals surface area contributed by atoms with Gasteiger partial charge in [-0.15, -0.1) is 11.3 Å². The summed E-state index contributed by atoms with van der Waals surface area (Å²) in [5.41, 5.74) is 8.25. The number of rotatable bonds is 6. The topological polar surface area (TPSA) is 55.6 Å². The summed E-state index contributed by atoms with van der Waals surface area (Å²) in [5, 5.41) is 4.24. The number of ether oxygens (including phenoxy) is 1. The van der Waals surface area contributed by atoms with E-state index in [1.54, 1.807) is 17.6 Å².